The number of aromatic carboxylic acids is 2. The summed E-state index contributed by atoms with van der Waals surface area (Å²) < 4.78 is 5.45. The number of nitro groups is 4. The van der Waals surface area contributed by atoms with Gasteiger partial charge in [0.05, 0.1) is 62.8 Å². The number of nitro benzene ring substituents is 4. The van der Waals surface area contributed by atoms with E-state index in [-0.39, 0.29) is 97.7 Å². The fourth-order valence-electron chi connectivity index (χ4n) is 10.8. The molecule has 11 rings (SSSR count). The molecular formula is C77H65N9O29S2. The Kier molecular flexibility index (Phi) is 29.2. The number of hydrogen-bond donors (Lipinski definition) is 16. The van der Waals surface area contributed by atoms with Gasteiger partial charge in [-0.25, -0.2) is 9.59 Å². The maximum absolute atomic E-state index is 12.5. The van der Waals surface area contributed by atoms with E-state index in [0.717, 1.165) is 51.7 Å². The third kappa shape index (κ3) is 24.3. The number of nitrogens with one attached hydrogen (secondary N) is 4. The van der Waals surface area contributed by atoms with Crippen LogP contribution in [0.15, 0.2) is 175 Å². The van der Waals surface area contributed by atoms with E-state index in [1.165, 1.54) is 59.2 Å². The molecule has 4 amide bonds. The second kappa shape index (κ2) is 39.4. The first-order valence-corrected chi connectivity index (χ1v) is 35.4. The van der Waals surface area contributed by atoms with Gasteiger partial charge >= 0.3 is 46.6 Å². The molecule has 117 heavy (non-hydrogen) atoms. The number of carbonyl (C=O) groups excluding carboxylic acids is 4. The number of thiophene rings is 2. The molecule has 0 spiro atoms. The lowest BCUT2D eigenvalue weighted by Crippen LogP contribution is -2.24. The fourth-order valence-corrected chi connectivity index (χ4v) is 12.9. The van der Waals surface area contributed by atoms with Crippen LogP contribution < -0.4 is 21.3 Å². The molecular weight excluding hydrogens is 1580 g/mol. The molecule has 0 aliphatic rings. The summed E-state index contributed by atoms with van der Waals surface area (Å²) in [6.07, 6.45) is 2.52. The van der Waals surface area contributed by atoms with Gasteiger partial charge in [-0.1, -0.05) is 30.3 Å². The Hall–Kier alpha value is -15.9. The summed E-state index contributed by atoms with van der Waals surface area (Å²) in [5.41, 5.74) is 2.66. The zero-order chi connectivity index (χ0) is 85.6. The van der Waals surface area contributed by atoms with E-state index in [4.69, 9.17) is 24.8 Å². The van der Waals surface area contributed by atoms with Gasteiger partial charge in [0.1, 0.15) is 17.1 Å². The van der Waals surface area contributed by atoms with E-state index in [1.807, 2.05) is 6.07 Å². The molecule has 0 aliphatic heterocycles. The minimum Gasteiger partial charge on any atom is -0.504 e. The van der Waals surface area contributed by atoms with Gasteiger partial charge in [0.15, 0.2) is 23.0 Å². The van der Waals surface area contributed by atoms with E-state index >= 15 is 0 Å². The monoisotopic (exact) mass is 1640 g/mol. The molecule has 0 radical (unpaired) electrons. The van der Waals surface area contributed by atoms with Crippen LogP contribution in [0.3, 0.4) is 0 Å². The number of benzene rings is 7. The summed E-state index contributed by atoms with van der Waals surface area (Å²) >= 11 is 2.62. The lowest BCUT2D eigenvalue weighted by Gasteiger charge is -2.10. The van der Waals surface area contributed by atoms with Crippen molar-refractivity contribution in [1.82, 2.24) is 10.3 Å². The maximum atomic E-state index is 12.5. The van der Waals surface area contributed by atoms with Crippen LogP contribution >= 0.6 is 22.7 Å². The first kappa shape index (κ1) is 86.7. The first-order chi connectivity index (χ1) is 55.4. The molecule has 4 heterocycles. The zero-order valence-corrected chi connectivity index (χ0v) is 62.0. The van der Waals surface area contributed by atoms with Crippen molar-refractivity contribution in [3.05, 3.63) is 265 Å². The molecule has 7 aromatic carbocycles. The Morgan fingerprint density at radius 1 is 0.436 bits per heavy atom. The second-order valence-corrected chi connectivity index (χ2v) is 27.2. The summed E-state index contributed by atoms with van der Waals surface area (Å²) in [6, 6.07) is 38.3. The molecule has 40 heteroatoms. The number of hydrogen-bond acceptors (Lipinski definition) is 28. The quantitative estimate of drug-likeness (QED) is 0.0123. The number of phenolic OH excluding ortho intramolecular Hbond substituents is 8. The molecule has 16 N–H and O–H groups in total. The third-order valence-electron chi connectivity index (χ3n) is 16.4. The number of aliphatic carboxylic acids is 2. The minimum absolute atomic E-state index is 0.00952. The van der Waals surface area contributed by atoms with E-state index in [0.29, 0.717) is 60.4 Å². The number of carbonyl (C=O) groups is 8. The number of carboxylic acid groups (broad SMARTS) is 4. The number of furan rings is 1. The predicted molar refractivity (Wildman–Crippen MR) is 417 cm³/mol. The zero-order valence-electron chi connectivity index (χ0n) is 60.4. The van der Waals surface area contributed by atoms with Gasteiger partial charge in [0.25, 0.3) is 0 Å². The van der Waals surface area contributed by atoms with Crippen molar-refractivity contribution in [2.45, 2.75) is 64.8 Å². The van der Waals surface area contributed by atoms with Crippen LogP contribution in [0.2, 0.25) is 0 Å². The van der Waals surface area contributed by atoms with Crippen LogP contribution in [0.5, 0.6) is 46.0 Å². The summed E-state index contributed by atoms with van der Waals surface area (Å²) in [7, 11) is 0. The first-order valence-electron chi connectivity index (χ1n) is 33.8. The number of aryl methyl sites for hydroxylation is 3. The summed E-state index contributed by atoms with van der Waals surface area (Å²) in [5, 5.41) is 166. The topological polar surface area (TPSA) is 626 Å². The average molecular weight is 1640 g/mol. The molecule has 604 valence electrons. The number of phenols is 8. The van der Waals surface area contributed by atoms with Crippen molar-refractivity contribution in [3.8, 4) is 78.2 Å². The van der Waals surface area contributed by atoms with Gasteiger partial charge in [-0.15, -0.1) is 22.7 Å². The lowest BCUT2D eigenvalue weighted by atomic mass is 10.1. The number of anilines is 3. The van der Waals surface area contributed by atoms with Gasteiger partial charge in [0, 0.05) is 97.4 Å². The second-order valence-electron chi connectivity index (χ2n) is 24.8. The Morgan fingerprint density at radius 2 is 0.863 bits per heavy atom. The molecule has 0 aliphatic carbocycles. The number of nitrogens with zero attached hydrogens (tertiary/aromatic N) is 5. The van der Waals surface area contributed by atoms with Gasteiger partial charge in [-0.05, 0) is 151 Å². The molecule has 38 nitrogen and oxygen atoms in total. The minimum atomic E-state index is -1.09. The highest BCUT2D eigenvalue weighted by Gasteiger charge is 2.26. The van der Waals surface area contributed by atoms with Gasteiger partial charge < -0.3 is 87.0 Å². The smallest absolute Gasteiger partial charge is 0.339 e. The lowest BCUT2D eigenvalue weighted by molar-refractivity contribution is -0.386. The van der Waals surface area contributed by atoms with Crippen LogP contribution in [-0.4, -0.2) is 133 Å². The van der Waals surface area contributed by atoms with Crippen molar-refractivity contribution < 1.29 is 124 Å². The number of para-hydroxylation sites is 1. The highest BCUT2D eigenvalue weighted by molar-refractivity contribution is 7.16. The van der Waals surface area contributed by atoms with Gasteiger partial charge in [-0.2, -0.15) is 0 Å². The maximum Gasteiger partial charge on any atom is 0.339 e. The Bertz CT molecular complexity index is 5480. The Balaban J connectivity index is 0.000000195. The van der Waals surface area contributed by atoms with E-state index < -0.39 is 124 Å². The largest absolute Gasteiger partial charge is 0.504 e. The van der Waals surface area contributed by atoms with Crippen molar-refractivity contribution in [1.29, 1.82) is 0 Å². The van der Waals surface area contributed by atoms with Crippen LogP contribution in [0, 0.1) is 47.4 Å². The van der Waals surface area contributed by atoms with Crippen molar-refractivity contribution in [3.63, 3.8) is 0 Å². The van der Waals surface area contributed by atoms with Crippen molar-refractivity contribution >= 4 is 110 Å². The summed E-state index contributed by atoms with van der Waals surface area (Å²) in [6.45, 7) is 1.69. The van der Waals surface area contributed by atoms with Crippen LogP contribution in [0.4, 0.5) is 39.8 Å². The third-order valence-corrected chi connectivity index (χ3v) is 18.6. The SMILES string of the molecule is Cc1oc(-c2ccc(NC(=O)Cc3cc(O)c(O)c([N+](=O)[O-])c3)cc2)cc1C(=O)O.O=C(Cc1cc(O)c(O)c([N+](=O)[O-])c1)NCc1ccc(C(=O)O)cc1.O=C(O)Cc1ccc(-c2ccccc2NC(=O)CCc2cc(O)c(O)c([N+](=O)[O-])c2)s1.O=C(O)Cc1ccc(-c2ccncc2NC(=O)CCc2cc(O)c(O)c([N+](=O)[O-])c2)s1. The Morgan fingerprint density at radius 3 is 1.30 bits per heavy atom. The van der Waals surface area contributed by atoms with Gasteiger partial charge in [-0.3, -0.25) is 74.2 Å². The number of rotatable bonds is 28. The van der Waals surface area contributed by atoms with Crippen LogP contribution in [0.1, 0.15) is 76.9 Å². The number of pyridine rings is 1. The molecule has 0 saturated carbocycles. The van der Waals surface area contributed by atoms with Gasteiger partial charge in [0.2, 0.25) is 46.6 Å². The van der Waals surface area contributed by atoms with Crippen LogP contribution in [-0.2, 0) is 73.8 Å². The highest BCUT2D eigenvalue weighted by Crippen LogP contribution is 2.42. The number of aromatic hydroxyl groups is 8. The molecule has 0 bridgehead atoms. The standard InChI is InChI=1S/C21H18N2O7S.C20H17N3O7S.C20H16N2O8.C16H14N2O7/c24-17-10-12(9-16(21(17)28)23(29)30)5-8-19(25)22-15-4-2-1-3-14(15)18-7-6-13(31-18)11-20(26)27;24-16-8-11(7-15(20(16)28)23(29)30)1-4-18(25)22-14-10-21-6-5-13(14)17-3-2-12(31-17)9-19(26)27;1-10-14(20(26)27)9-17(30-10)12-2-4-13(5-3-12)21-18(24)8-11-6-15(22(28)29)19(25)16(23)7-11;19-13-6-10(5-12(15(13)21)18(24)25)7-14(20)17-8-9-1-3-11(4-2-9)16(22)23/h1-4,6-7,9-10,24,28H,5,8,11H2,(H,22,25)(H,26,27);2-3,5-8,10,24,28H,1,4,9H2,(H,22,25)(H,26,27);2-7,9,23,25H,8H2,1H3,(H,21,24)(H,26,27);1-6,19,21H,7-8H2,(H,17,20)(H,22,23). The van der Waals surface area contributed by atoms with Crippen molar-refractivity contribution in [2.75, 3.05) is 16.0 Å². The fraction of sp³-hybridized carbons (Fsp3) is 0.130. The Labute approximate surface area is 665 Å². The normalized spacial score (nSPS) is 10.5. The van der Waals surface area contributed by atoms with Crippen molar-refractivity contribution in [2.24, 2.45) is 0 Å². The van der Waals surface area contributed by atoms with E-state index in [9.17, 15) is 120 Å². The molecule has 0 saturated heterocycles. The van der Waals surface area contributed by atoms with E-state index in [1.54, 1.807) is 98.0 Å². The molecule has 0 unspecified atom stereocenters. The summed E-state index contributed by atoms with van der Waals surface area (Å²) in [4.78, 5) is 140. The number of amides is 4. The average Bonchev–Trinajstić information content (AvgIpc) is 1.77. The highest BCUT2D eigenvalue weighted by atomic mass is 32.1. The molecule has 4 aromatic heterocycles. The van der Waals surface area contributed by atoms with E-state index in [2.05, 4.69) is 26.3 Å². The number of aromatic nitrogens is 1. The summed E-state index contributed by atoms with van der Waals surface area (Å²) in [5.74, 6) is -11.0. The molecule has 11 aromatic rings. The number of carboxylic acids is 4. The van der Waals surface area contributed by atoms with Crippen LogP contribution in [0.25, 0.3) is 32.2 Å². The molecule has 0 fully saturated rings. The predicted octanol–water partition coefficient (Wildman–Crippen LogP) is 12.3. The molecule has 0 atom stereocenters.